The fourth-order valence-electron chi connectivity index (χ4n) is 2.59. The minimum atomic E-state index is -0.195. The van der Waals surface area contributed by atoms with Crippen LogP contribution in [-0.2, 0) is 16.1 Å². The summed E-state index contributed by atoms with van der Waals surface area (Å²) in [5, 5.41) is 0. The van der Waals surface area contributed by atoms with Gasteiger partial charge in [0, 0.05) is 13.1 Å². The number of hydrogen-bond donors (Lipinski definition) is 0. The first kappa shape index (κ1) is 12.5. The van der Waals surface area contributed by atoms with Crippen molar-refractivity contribution in [3.8, 4) is 0 Å². The fraction of sp³-hybridized carbons (Fsp3) is 0.533. The van der Waals surface area contributed by atoms with Crippen LogP contribution in [0.3, 0.4) is 0 Å². The first-order valence-corrected chi connectivity index (χ1v) is 6.90. The molecule has 1 aromatic rings. The predicted octanol–water partition coefficient (Wildman–Crippen LogP) is 2.43. The van der Waals surface area contributed by atoms with Crippen molar-refractivity contribution in [3.05, 3.63) is 35.9 Å². The molecule has 0 spiro atoms. The molecule has 0 unspecified atom stereocenters. The van der Waals surface area contributed by atoms with E-state index >= 15 is 0 Å². The maximum Gasteiger partial charge on any atom is 0.410 e. The third kappa shape index (κ3) is 3.26. The quantitative estimate of drug-likeness (QED) is 0.785. The Morgan fingerprint density at radius 1 is 1.26 bits per heavy atom. The third-order valence-electron chi connectivity index (χ3n) is 3.89. The molecule has 0 aromatic heterocycles. The highest BCUT2D eigenvalue weighted by Crippen LogP contribution is 2.29. The summed E-state index contributed by atoms with van der Waals surface area (Å²) in [6.45, 7) is 2.84. The molecule has 0 radical (unpaired) electrons. The molecule has 1 aromatic carbocycles. The summed E-state index contributed by atoms with van der Waals surface area (Å²) in [4.78, 5) is 13.7. The lowest BCUT2D eigenvalue weighted by molar-refractivity contribution is 0.0792. The second-order valence-corrected chi connectivity index (χ2v) is 5.24. The standard InChI is InChI=1S/C15H19NO3/c17-15(19-10-12-4-2-1-3-5-12)16-8-6-13(7-9-16)14-11-18-14/h1-5,13-14H,6-11H2/t14-/m0/s1. The maximum absolute atomic E-state index is 11.9. The van der Waals surface area contributed by atoms with E-state index in [1.54, 1.807) is 0 Å². The second kappa shape index (κ2) is 5.61. The first-order chi connectivity index (χ1) is 9.33. The smallest absolute Gasteiger partial charge is 0.410 e. The Labute approximate surface area is 113 Å². The van der Waals surface area contributed by atoms with Crippen molar-refractivity contribution in [1.29, 1.82) is 0 Å². The van der Waals surface area contributed by atoms with Gasteiger partial charge in [-0.3, -0.25) is 0 Å². The van der Waals surface area contributed by atoms with Crippen LogP contribution in [-0.4, -0.2) is 36.8 Å². The lowest BCUT2D eigenvalue weighted by Gasteiger charge is -2.30. The van der Waals surface area contributed by atoms with Crippen LogP contribution >= 0.6 is 0 Å². The molecule has 2 heterocycles. The van der Waals surface area contributed by atoms with Crippen molar-refractivity contribution >= 4 is 6.09 Å². The summed E-state index contributed by atoms with van der Waals surface area (Å²) in [6, 6.07) is 9.78. The van der Waals surface area contributed by atoms with Crippen molar-refractivity contribution in [2.75, 3.05) is 19.7 Å². The molecule has 0 aliphatic carbocycles. The normalized spacial score (nSPS) is 23.2. The molecule has 3 rings (SSSR count). The lowest BCUT2D eigenvalue weighted by atomic mass is 9.94. The molecule has 4 nitrogen and oxygen atoms in total. The Morgan fingerprint density at radius 3 is 2.58 bits per heavy atom. The average molecular weight is 261 g/mol. The van der Waals surface area contributed by atoms with Gasteiger partial charge >= 0.3 is 6.09 Å². The number of carbonyl (C=O) groups is 1. The number of carbonyl (C=O) groups excluding carboxylic acids is 1. The van der Waals surface area contributed by atoms with Crippen LogP contribution < -0.4 is 0 Å². The number of rotatable bonds is 3. The molecular formula is C15H19NO3. The van der Waals surface area contributed by atoms with E-state index in [4.69, 9.17) is 9.47 Å². The Hall–Kier alpha value is -1.55. The number of nitrogens with zero attached hydrogens (tertiary/aromatic N) is 1. The Bertz CT molecular complexity index is 422. The van der Waals surface area contributed by atoms with Crippen molar-refractivity contribution in [2.24, 2.45) is 5.92 Å². The van der Waals surface area contributed by atoms with E-state index < -0.39 is 0 Å². The molecule has 2 aliphatic heterocycles. The third-order valence-corrected chi connectivity index (χ3v) is 3.89. The summed E-state index contributed by atoms with van der Waals surface area (Å²) in [5.74, 6) is 0.637. The van der Waals surface area contributed by atoms with Crippen molar-refractivity contribution < 1.29 is 14.3 Å². The van der Waals surface area contributed by atoms with E-state index in [0.29, 0.717) is 18.6 Å². The van der Waals surface area contributed by atoms with Crippen LogP contribution in [0.4, 0.5) is 4.79 Å². The fourth-order valence-corrected chi connectivity index (χ4v) is 2.59. The van der Waals surface area contributed by atoms with Crippen LogP contribution in [0.15, 0.2) is 30.3 Å². The average Bonchev–Trinajstić information content (AvgIpc) is 3.31. The highest BCUT2D eigenvalue weighted by Gasteiger charge is 2.35. The van der Waals surface area contributed by atoms with Crippen molar-refractivity contribution in [3.63, 3.8) is 0 Å². The zero-order valence-corrected chi connectivity index (χ0v) is 11.0. The molecule has 1 amide bonds. The van der Waals surface area contributed by atoms with E-state index in [0.717, 1.165) is 38.1 Å². The Kier molecular flexibility index (Phi) is 3.69. The number of ether oxygens (including phenoxy) is 2. The monoisotopic (exact) mass is 261 g/mol. The van der Waals surface area contributed by atoms with Gasteiger partial charge in [-0.1, -0.05) is 30.3 Å². The molecule has 0 bridgehead atoms. The summed E-state index contributed by atoms with van der Waals surface area (Å²) >= 11 is 0. The highest BCUT2D eigenvalue weighted by atomic mass is 16.6. The van der Waals surface area contributed by atoms with E-state index in [2.05, 4.69) is 0 Å². The zero-order chi connectivity index (χ0) is 13.1. The molecule has 2 aliphatic rings. The number of likely N-dealkylation sites (tertiary alicyclic amines) is 1. The molecule has 4 heteroatoms. The van der Waals surface area contributed by atoms with Gasteiger partial charge in [0.2, 0.25) is 0 Å². The molecule has 0 saturated carbocycles. The SMILES string of the molecule is O=C(OCc1ccccc1)N1CCC([C@@H]2CO2)CC1. The van der Waals surface area contributed by atoms with Crippen LogP contribution in [0.2, 0.25) is 0 Å². The molecule has 19 heavy (non-hydrogen) atoms. The van der Waals surface area contributed by atoms with Gasteiger partial charge in [0.15, 0.2) is 0 Å². The van der Waals surface area contributed by atoms with Gasteiger partial charge in [0.1, 0.15) is 6.61 Å². The molecule has 2 fully saturated rings. The molecule has 2 saturated heterocycles. The number of piperidine rings is 1. The van der Waals surface area contributed by atoms with Crippen LogP contribution in [0, 0.1) is 5.92 Å². The Balaban J connectivity index is 1.43. The number of benzene rings is 1. The highest BCUT2D eigenvalue weighted by molar-refractivity contribution is 5.67. The van der Waals surface area contributed by atoms with Crippen molar-refractivity contribution in [2.45, 2.75) is 25.6 Å². The summed E-state index contributed by atoms with van der Waals surface area (Å²) in [6.07, 6.45) is 2.33. The zero-order valence-electron chi connectivity index (χ0n) is 11.0. The number of amides is 1. The topological polar surface area (TPSA) is 42.1 Å². The summed E-state index contributed by atoms with van der Waals surface area (Å²) in [5.41, 5.74) is 1.03. The second-order valence-electron chi connectivity index (χ2n) is 5.24. The lowest BCUT2D eigenvalue weighted by Crippen LogP contribution is -2.39. The first-order valence-electron chi connectivity index (χ1n) is 6.90. The van der Waals surface area contributed by atoms with Crippen LogP contribution in [0.5, 0.6) is 0 Å². The predicted molar refractivity (Wildman–Crippen MR) is 70.7 cm³/mol. The van der Waals surface area contributed by atoms with Gasteiger partial charge in [-0.25, -0.2) is 4.79 Å². The minimum absolute atomic E-state index is 0.195. The van der Waals surface area contributed by atoms with Gasteiger partial charge in [-0.2, -0.15) is 0 Å². The summed E-state index contributed by atoms with van der Waals surface area (Å²) < 4.78 is 10.6. The van der Waals surface area contributed by atoms with Gasteiger partial charge in [0.25, 0.3) is 0 Å². The molecule has 0 N–H and O–H groups in total. The summed E-state index contributed by atoms with van der Waals surface area (Å²) in [7, 11) is 0. The Morgan fingerprint density at radius 2 is 1.95 bits per heavy atom. The van der Waals surface area contributed by atoms with Crippen LogP contribution in [0.1, 0.15) is 18.4 Å². The van der Waals surface area contributed by atoms with E-state index in [1.165, 1.54) is 0 Å². The van der Waals surface area contributed by atoms with Gasteiger partial charge in [-0.05, 0) is 24.3 Å². The molecule has 1 atom stereocenters. The number of epoxide rings is 1. The maximum atomic E-state index is 11.9. The van der Waals surface area contributed by atoms with E-state index in [-0.39, 0.29) is 6.09 Å². The van der Waals surface area contributed by atoms with Gasteiger partial charge < -0.3 is 14.4 Å². The number of hydrogen-bond acceptors (Lipinski definition) is 3. The molecular weight excluding hydrogens is 242 g/mol. The van der Waals surface area contributed by atoms with Gasteiger partial charge in [-0.15, -0.1) is 0 Å². The van der Waals surface area contributed by atoms with E-state index in [9.17, 15) is 4.79 Å². The molecule has 102 valence electrons. The van der Waals surface area contributed by atoms with Crippen LogP contribution in [0.25, 0.3) is 0 Å². The van der Waals surface area contributed by atoms with E-state index in [1.807, 2.05) is 35.2 Å². The van der Waals surface area contributed by atoms with Gasteiger partial charge in [0.05, 0.1) is 12.7 Å². The minimum Gasteiger partial charge on any atom is -0.445 e. The largest absolute Gasteiger partial charge is 0.445 e. The van der Waals surface area contributed by atoms with Crippen molar-refractivity contribution in [1.82, 2.24) is 4.90 Å².